The van der Waals surface area contributed by atoms with Gasteiger partial charge in [0.1, 0.15) is 0 Å². The van der Waals surface area contributed by atoms with Crippen molar-refractivity contribution < 1.29 is 9.50 Å². The Balaban J connectivity index is 2.89. The van der Waals surface area contributed by atoms with E-state index in [1.165, 1.54) is 24.3 Å². The molecule has 3 N–H and O–H groups in total. The van der Waals surface area contributed by atoms with E-state index < -0.39 is 6.36 Å². The molecule has 1 rings (SSSR count). The lowest BCUT2D eigenvalue weighted by Gasteiger charge is -1.99. The summed E-state index contributed by atoms with van der Waals surface area (Å²) in [5, 5.41) is 8.41. The van der Waals surface area contributed by atoms with Crippen molar-refractivity contribution >= 4 is 5.69 Å². The second-order valence-electron chi connectivity index (χ2n) is 2.00. The minimum absolute atomic E-state index is 0.231. The van der Waals surface area contributed by atoms with E-state index in [4.69, 9.17) is 10.8 Å². The predicted molar refractivity (Wildman–Crippen MR) is 36.9 cm³/mol. The van der Waals surface area contributed by atoms with Crippen LogP contribution in [0.5, 0.6) is 0 Å². The maximum atomic E-state index is 12.1. The molecule has 0 radical (unpaired) electrons. The van der Waals surface area contributed by atoms with Gasteiger partial charge in [0.2, 0.25) is 6.36 Å². The minimum atomic E-state index is -1.90. The molecule has 1 atom stereocenters. The zero-order valence-electron chi connectivity index (χ0n) is 5.29. The highest BCUT2D eigenvalue weighted by Crippen LogP contribution is 2.14. The molecular weight excluding hydrogens is 133 g/mol. The van der Waals surface area contributed by atoms with Crippen LogP contribution in [0.15, 0.2) is 24.3 Å². The van der Waals surface area contributed by atoms with E-state index in [-0.39, 0.29) is 5.56 Å². The molecule has 1 unspecified atom stereocenters. The van der Waals surface area contributed by atoms with Gasteiger partial charge < -0.3 is 10.8 Å². The number of alkyl halides is 1. The third kappa shape index (κ3) is 1.45. The van der Waals surface area contributed by atoms with Crippen LogP contribution in [-0.4, -0.2) is 5.11 Å². The second-order valence-corrected chi connectivity index (χ2v) is 2.00. The van der Waals surface area contributed by atoms with Gasteiger partial charge >= 0.3 is 0 Å². The summed E-state index contributed by atoms with van der Waals surface area (Å²) in [7, 11) is 0. The molecule has 0 fully saturated rings. The summed E-state index contributed by atoms with van der Waals surface area (Å²) in [5.41, 5.74) is 6.11. The lowest BCUT2D eigenvalue weighted by Crippen LogP contribution is -1.89. The Bertz CT molecular complexity index is 207. The van der Waals surface area contributed by atoms with Gasteiger partial charge in [0.15, 0.2) is 0 Å². The largest absolute Gasteiger partial charge is 0.399 e. The van der Waals surface area contributed by atoms with Gasteiger partial charge in [-0.15, -0.1) is 0 Å². The van der Waals surface area contributed by atoms with Crippen LogP contribution in [-0.2, 0) is 0 Å². The van der Waals surface area contributed by atoms with Crippen LogP contribution in [0, 0.1) is 0 Å². The number of nitrogen functional groups attached to an aromatic ring is 1. The van der Waals surface area contributed by atoms with Gasteiger partial charge in [0, 0.05) is 11.3 Å². The maximum Gasteiger partial charge on any atom is 0.222 e. The van der Waals surface area contributed by atoms with E-state index >= 15 is 0 Å². The summed E-state index contributed by atoms with van der Waals surface area (Å²) in [6.07, 6.45) is -1.90. The van der Waals surface area contributed by atoms with Gasteiger partial charge in [-0.25, -0.2) is 4.39 Å². The summed E-state index contributed by atoms with van der Waals surface area (Å²) in [6.45, 7) is 0. The molecular formula is C7H8FNO. The zero-order valence-corrected chi connectivity index (χ0v) is 5.29. The fourth-order valence-electron chi connectivity index (χ4n) is 0.655. The van der Waals surface area contributed by atoms with Crippen LogP contribution < -0.4 is 5.73 Å². The van der Waals surface area contributed by atoms with Crippen molar-refractivity contribution in [1.82, 2.24) is 0 Å². The number of rotatable bonds is 1. The Morgan fingerprint density at radius 3 is 2.20 bits per heavy atom. The number of halogens is 1. The molecule has 0 aliphatic rings. The molecule has 10 heavy (non-hydrogen) atoms. The Morgan fingerprint density at radius 1 is 1.30 bits per heavy atom. The summed E-state index contributed by atoms with van der Waals surface area (Å²) in [6, 6.07) is 5.97. The van der Waals surface area contributed by atoms with Crippen molar-refractivity contribution in [3.05, 3.63) is 29.8 Å². The summed E-state index contributed by atoms with van der Waals surface area (Å²) in [4.78, 5) is 0. The molecule has 3 heteroatoms. The monoisotopic (exact) mass is 141 g/mol. The third-order valence-electron chi connectivity index (χ3n) is 1.21. The molecule has 0 bridgehead atoms. The number of aliphatic hydroxyl groups excluding tert-OH is 1. The average Bonchev–Trinajstić information content (AvgIpc) is 1.88. The molecule has 0 aliphatic carbocycles. The van der Waals surface area contributed by atoms with Crippen LogP contribution in [0.2, 0.25) is 0 Å². The predicted octanol–water partition coefficient (Wildman–Crippen LogP) is 1.23. The first kappa shape index (κ1) is 7.02. The van der Waals surface area contributed by atoms with Crippen molar-refractivity contribution in [2.45, 2.75) is 6.36 Å². The highest BCUT2D eigenvalue weighted by molar-refractivity contribution is 5.39. The average molecular weight is 141 g/mol. The van der Waals surface area contributed by atoms with Gasteiger partial charge in [-0.05, 0) is 12.1 Å². The molecule has 0 saturated heterocycles. The van der Waals surface area contributed by atoms with Gasteiger partial charge in [-0.3, -0.25) is 0 Å². The van der Waals surface area contributed by atoms with Gasteiger partial charge in [0.05, 0.1) is 0 Å². The van der Waals surface area contributed by atoms with Crippen molar-refractivity contribution in [3.8, 4) is 0 Å². The number of benzene rings is 1. The van der Waals surface area contributed by atoms with Gasteiger partial charge in [-0.1, -0.05) is 12.1 Å². The van der Waals surface area contributed by atoms with E-state index in [9.17, 15) is 4.39 Å². The van der Waals surface area contributed by atoms with E-state index in [0.29, 0.717) is 5.69 Å². The first-order valence-corrected chi connectivity index (χ1v) is 2.88. The molecule has 2 nitrogen and oxygen atoms in total. The highest BCUT2D eigenvalue weighted by Gasteiger charge is 2.01. The first-order chi connectivity index (χ1) is 4.70. The number of aliphatic hydroxyl groups is 1. The van der Waals surface area contributed by atoms with Crippen LogP contribution in [0.25, 0.3) is 0 Å². The van der Waals surface area contributed by atoms with Crippen LogP contribution in [0.1, 0.15) is 11.9 Å². The van der Waals surface area contributed by atoms with Crippen LogP contribution in [0.3, 0.4) is 0 Å². The number of nitrogens with two attached hydrogens (primary N) is 1. The molecule has 0 spiro atoms. The summed E-state index contributed by atoms with van der Waals surface area (Å²) in [5.74, 6) is 0. The maximum absolute atomic E-state index is 12.1. The topological polar surface area (TPSA) is 46.2 Å². The number of anilines is 1. The lowest BCUT2D eigenvalue weighted by atomic mass is 10.2. The smallest absolute Gasteiger partial charge is 0.222 e. The first-order valence-electron chi connectivity index (χ1n) is 2.88. The number of hydrogen-bond donors (Lipinski definition) is 2. The fraction of sp³-hybridized carbons (Fsp3) is 0.143. The molecule has 0 saturated carbocycles. The third-order valence-corrected chi connectivity index (χ3v) is 1.21. The Labute approximate surface area is 58.1 Å². The fourth-order valence-corrected chi connectivity index (χ4v) is 0.655. The zero-order chi connectivity index (χ0) is 7.56. The Hall–Kier alpha value is -1.09. The Kier molecular flexibility index (Phi) is 1.87. The molecule has 1 aromatic carbocycles. The summed E-state index contributed by atoms with van der Waals surface area (Å²) >= 11 is 0. The Morgan fingerprint density at radius 2 is 1.80 bits per heavy atom. The van der Waals surface area contributed by atoms with E-state index in [1.807, 2.05) is 0 Å². The molecule has 0 amide bonds. The lowest BCUT2D eigenvalue weighted by molar-refractivity contribution is 0.0411. The quantitative estimate of drug-likeness (QED) is 0.578. The molecule has 1 aromatic rings. The van der Waals surface area contributed by atoms with E-state index in [0.717, 1.165) is 0 Å². The van der Waals surface area contributed by atoms with Gasteiger partial charge in [0.25, 0.3) is 0 Å². The van der Waals surface area contributed by atoms with Gasteiger partial charge in [-0.2, -0.15) is 0 Å². The molecule has 54 valence electrons. The standard InChI is InChI=1S/C7H8FNO/c8-7(10)5-1-3-6(9)4-2-5/h1-4,7,10H,9H2. The van der Waals surface area contributed by atoms with Crippen LogP contribution >= 0.6 is 0 Å². The summed E-state index contributed by atoms with van der Waals surface area (Å²) < 4.78 is 12.1. The van der Waals surface area contributed by atoms with Crippen molar-refractivity contribution in [2.75, 3.05) is 5.73 Å². The second kappa shape index (κ2) is 2.66. The molecule has 0 aliphatic heterocycles. The van der Waals surface area contributed by atoms with Crippen molar-refractivity contribution in [3.63, 3.8) is 0 Å². The van der Waals surface area contributed by atoms with Crippen LogP contribution in [0.4, 0.5) is 10.1 Å². The normalized spacial score (nSPS) is 13.0. The van der Waals surface area contributed by atoms with Crippen molar-refractivity contribution in [1.29, 1.82) is 0 Å². The van der Waals surface area contributed by atoms with E-state index in [1.54, 1.807) is 0 Å². The molecule has 0 heterocycles. The SMILES string of the molecule is Nc1ccc(C(O)F)cc1. The highest BCUT2D eigenvalue weighted by atomic mass is 19.1. The van der Waals surface area contributed by atoms with E-state index in [2.05, 4.69) is 0 Å². The van der Waals surface area contributed by atoms with Crippen molar-refractivity contribution in [2.24, 2.45) is 0 Å². The minimum Gasteiger partial charge on any atom is -0.399 e. The number of hydrogen-bond acceptors (Lipinski definition) is 2. The molecule has 0 aromatic heterocycles.